The molecule has 5 heteroatoms. The molecule has 1 aliphatic carbocycles. The summed E-state index contributed by atoms with van der Waals surface area (Å²) in [6, 6.07) is 55.0. The molecule has 1 aliphatic rings. The summed E-state index contributed by atoms with van der Waals surface area (Å²) < 4.78 is 18.3. The highest BCUT2D eigenvalue weighted by Gasteiger charge is 2.36. The van der Waals surface area contributed by atoms with Gasteiger partial charge in [0.25, 0.3) is 0 Å². The molecule has 10 rings (SSSR count). The Kier molecular flexibility index (Phi) is 6.99. The summed E-state index contributed by atoms with van der Waals surface area (Å²) in [6.07, 6.45) is 0. The predicted octanol–water partition coefficient (Wildman–Crippen LogP) is 12.1. The normalized spacial score (nSPS) is 13.0. The molecule has 0 saturated carbocycles. The summed E-state index contributed by atoms with van der Waals surface area (Å²) in [6.45, 7) is 4.61. The van der Waals surface area contributed by atoms with Crippen LogP contribution < -0.4 is 0 Å². The van der Waals surface area contributed by atoms with Crippen molar-refractivity contribution in [2.45, 2.75) is 19.3 Å². The van der Waals surface area contributed by atoms with Crippen LogP contribution in [-0.2, 0) is 5.41 Å². The number of hydrogen-bond donors (Lipinski definition) is 0. The van der Waals surface area contributed by atoms with Crippen LogP contribution >= 0.6 is 0 Å². The van der Waals surface area contributed by atoms with Crippen molar-refractivity contribution in [1.82, 2.24) is 19.5 Å². The minimum Gasteiger partial charge on any atom is -0.309 e. The van der Waals surface area contributed by atoms with Gasteiger partial charge >= 0.3 is 0 Å². The van der Waals surface area contributed by atoms with Gasteiger partial charge in [0.2, 0.25) is 0 Å². The minimum atomic E-state index is -0.297. The molecule has 7 aromatic carbocycles. The van der Waals surface area contributed by atoms with Crippen molar-refractivity contribution in [3.63, 3.8) is 0 Å². The fourth-order valence-corrected chi connectivity index (χ4v) is 8.13. The maximum atomic E-state index is 16.0. The summed E-state index contributed by atoms with van der Waals surface area (Å²) in [5.74, 6) is 1.37. The van der Waals surface area contributed by atoms with Crippen LogP contribution in [0.1, 0.15) is 25.0 Å². The van der Waals surface area contributed by atoms with Crippen molar-refractivity contribution in [1.29, 1.82) is 0 Å². The number of aromatic nitrogens is 4. The Morgan fingerprint density at radius 3 is 1.72 bits per heavy atom. The van der Waals surface area contributed by atoms with Gasteiger partial charge in [-0.25, -0.2) is 19.3 Å². The van der Waals surface area contributed by atoms with Crippen LogP contribution in [0.2, 0.25) is 0 Å². The van der Waals surface area contributed by atoms with Crippen molar-refractivity contribution in [2.75, 3.05) is 0 Å². The molecule has 252 valence electrons. The maximum Gasteiger partial charge on any atom is 0.164 e. The molecule has 0 fully saturated rings. The number of benzene rings is 7. The van der Waals surface area contributed by atoms with Crippen LogP contribution in [0.4, 0.5) is 4.39 Å². The van der Waals surface area contributed by atoms with Gasteiger partial charge in [0.05, 0.1) is 16.7 Å². The lowest BCUT2D eigenvalue weighted by molar-refractivity contribution is 0.631. The van der Waals surface area contributed by atoms with Crippen molar-refractivity contribution < 1.29 is 4.39 Å². The molecule has 2 aromatic heterocycles. The second-order valence-corrected chi connectivity index (χ2v) is 14.2. The molecule has 0 unspecified atom stereocenters. The maximum absolute atomic E-state index is 16.0. The summed E-state index contributed by atoms with van der Waals surface area (Å²) in [5.41, 5.74) is 11.8. The number of hydrogen-bond acceptors (Lipinski definition) is 3. The molecule has 53 heavy (non-hydrogen) atoms. The van der Waals surface area contributed by atoms with E-state index in [1.807, 2.05) is 84.9 Å². The number of rotatable bonds is 5. The Hall–Kier alpha value is -6.72. The highest BCUT2D eigenvalue weighted by Crippen LogP contribution is 2.51. The van der Waals surface area contributed by atoms with Gasteiger partial charge in [-0.15, -0.1) is 0 Å². The molecule has 0 bridgehead atoms. The summed E-state index contributed by atoms with van der Waals surface area (Å²) in [5, 5.41) is 2.31. The van der Waals surface area contributed by atoms with E-state index in [2.05, 4.69) is 85.1 Å². The third kappa shape index (κ3) is 4.92. The van der Waals surface area contributed by atoms with E-state index in [9.17, 15) is 0 Å². The Morgan fingerprint density at radius 1 is 0.434 bits per heavy atom. The van der Waals surface area contributed by atoms with E-state index in [1.54, 1.807) is 6.07 Å². The van der Waals surface area contributed by atoms with E-state index >= 15 is 4.39 Å². The Labute approximate surface area is 306 Å². The fourth-order valence-electron chi connectivity index (χ4n) is 8.13. The molecule has 2 heterocycles. The number of fused-ring (bicyclic) bond motifs is 6. The van der Waals surface area contributed by atoms with Gasteiger partial charge in [0.15, 0.2) is 17.5 Å². The van der Waals surface area contributed by atoms with Crippen LogP contribution in [0.25, 0.3) is 83.9 Å². The molecule has 0 saturated heterocycles. The van der Waals surface area contributed by atoms with Gasteiger partial charge in [-0.2, -0.15) is 0 Å². The topological polar surface area (TPSA) is 43.6 Å². The number of nitrogens with zero attached hydrogens (tertiary/aromatic N) is 4. The molecule has 0 radical (unpaired) electrons. The van der Waals surface area contributed by atoms with E-state index in [0.717, 1.165) is 49.7 Å². The van der Waals surface area contributed by atoms with Crippen LogP contribution in [0, 0.1) is 5.82 Å². The zero-order chi connectivity index (χ0) is 35.7. The standard InChI is InChI=1S/C48H33FN4/c1-48(2)39-22-12-9-19-33(39)36-28-38-35-21-11-14-24-42(35)53(44(38)29-40(36)48)43-26-25-32(27-37(43)34-20-10-13-23-41(34)49)47-51-45(30-15-5-3-6-16-30)50-46(52-47)31-17-7-4-8-18-31/h3-29H,1-2H3. The third-order valence-corrected chi connectivity index (χ3v) is 10.7. The summed E-state index contributed by atoms with van der Waals surface area (Å²) in [4.78, 5) is 14.9. The lowest BCUT2D eigenvalue weighted by atomic mass is 9.82. The molecule has 0 atom stereocenters. The highest BCUT2D eigenvalue weighted by atomic mass is 19.1. The number of halogens is 1. The first-order valence-corrected chi connectivity index (χ1v) is 17.9. The molecule has 0 spiro atoms. The molecule has 0 N–H and O–H groups in total. The van der Waals surface area contributed by atoms with Gasteiger partial charge in [-0.3, -0.25) is 0 Å². The van der Waals surface area contributed by atoms with Crippen LogP contribution in [-0.4, -0.2) is 19.5 Å². The van der Waals surface area contributed by atoms with E-state index in [0.29, 0.717) is 23.0 Å². The van der Waals surface area contributed by atoms with Crippen LogP contribution in [0.15, 0.2) is 164 Å². The SMILES string of the molecule is CC1(C)c2ccccc2-c2cc3c4ccccc4n(-c4ccc(-c5nc(-c6ccccc6)nc(-c6ccccc6)n5)cc4-c4ccccc4F)c3cc21. The zero-order valence-electron chi connectivity index (χ0n) is 29.3. The van der Waals surface area contributed by atoms with Crippen LogP contribution in [0.3, 0.4) is 0 Å². The van der Waals surface area contributed by atoms with Gasteiger partial charge < -0.3 is 4.57 Å². The summed E-state index contributed by atoms with van der Waals surface area (Å²) >= 11 is 0. The average Bonchev–Trinajstić information content (AvgIpc) is 3.65. The first-order chi connectivity index (χ1) is 26.0. The Balaban J connectivity index is 1.24. The average molecular weight is 685 g/mol. The minimum absolute atomic E-state index is 0.175. The fraction of sp³-hybridized carbons (Fsp3) is 0.0625. The molecule has 0 aliphatic heterocycles. The van der Waals surface area contributed by atoms with E-state index < -0.39 is 0 Å². The Bertz CT molecular complexity index is 2820. The predicted molar refractivity (Wildman–Crippen MR) is 213 cm³/mol. The van der Waals surface area contributed by atoms with E-state index in [1.165, 1.54) is 28.3 Å². The van der Waals surface area contributed by atoms with Crippen molar-refractivity contribution >= 4 is 21.8 Å². The van der Waals surface area contributed by atoms with Crippen LogP contribution in [0.5, 0.6) is 0 Å². The van der Waals surface area contributed by atoms with Crippen molar-refractivity contribution in [3.05, 3.63) is 181 Å². The van der Waals surface area contributed by atoms with Crippen molar-refractivity contribution in [3.8, 4) is 62.1 Å². The first kappa shape index (κ1) is 31.1. The van der Waals surface area contributed by atoms with E-state index in [4.69, 9.17) is 15.0 Å². The second kappa shape index (κ2) is 11.9. The van der Waals surface area contributed by atoms with Gasteiger partial charge in [-0.1, -0.05) is 135 Å². The number of para-hydroxylation sites is 1. The molecule has 0 amide bonds. The monoisotopic (exact) mass is 684 g/mol. The largest absolute Gasteiger partial charge is 0.309 e. The quantitative estimate of drug-likeness (QED) is 0.181. The van der Waals surface area contributed by atoms with Gasteiger partial charge in [0, 0.05) is 44.0 Å². The van der Waals surface area contributed by atoms with Gasteiger partial charge in [0.1, 0.15) is 5.82 Å². The van der Waals surface area contributed by atoms with E-state index in [-0.39, 0.29) is 11.2 Å². The molecule has 9 aromatic rings. The smallest absolute Gasteiger partial charge is 0.164 e. The van der Waals surface area contributed by atoms with Gasteiger partial charge in [-0.05, 0) is 64.7 Å². The van der Waals surface area contributed by atoms with Crippen molar-refractivity contribution in [2.24, 2.45) is 0 Å². The zero-order valence-corrected chi connectivity index (χ0v) is 29.3. The lowest BCUT2D eigenvalue weighted by Crippen LogP contribution is -2.15. The summed E-state index contributed by atoms with van der Waals surface area (Å²) in [7, 11) is 0. The molecule has 4 nitrogen and oxygen atoms in total. The lowest BCUT2D eigenvalue weighted by Gasteiger charge is -2.22. The second-order valence-electron chi connectivity index (χ2n) is 14.2. The molecular formula is C48H33FN4. The molecular weight excluding hydrogens is 652 g/mol. The Morgan fingerprint density at radius 2 is 1.02 bits per heavy atom. The third-order valence-electron chi connectivity index (χ3n) is 10.7. The first-order valence-electron chi connectivity index (χ1n) is 17.9. The highest BCUT2D eigenvalue weighted by molar-refractivity contribution is 6.12.